The van der Waals surface area contributed by atoms with Crippen LogP contribution in [0.3, 0.4) is 0 Å². The lowest BCUT2D eigenvalue weighted by Gasteiger charge is -2.35. The summed E-state index contributed by atoms with van der Waals surface area (Å²) in [6.45, 7) is 11.2. The molecule has 3 nitrogen and oxygen atoms in total. The lowest BCUT2D eigenvalue weighted by atomic mass is 9.88. The highest BCUT2D eigenvalue weighted by Crippen LogP contribution is 2.29. The van der Waals surface area contributed by atoms with Crippen LogP contribution in [0.25, 0.3) is 0 Å². The molecule has 0 bridgehead atoms. The maximum absolute atomic E-state index is 13.0. The van der Waals surface area contributed by atoms with Gasteiger partial charge < -0.3 is 10.0 Å². The molecule has 3 heteroatoms. The SMILES string of the molecule is Cc1c(C)c(C)c(C(=O)N2CCCCC2CO)c(C)c1C. The highest BCUT2D eigenvalue weighted by atomic mass is 16.3. The van der Waals surface area contributed by atoms with Crippen LogP contribution in [-0.4, -0.2) is 35.1 Å². The van der Waals surface area contributed by atoms with Crippen molar-refractivity contribution in [2.45, 2.75) is 59.9 Å². The van der Waals surface area contributed by atoms with E-state index in [1.165, 1.54) is 16.7 Å². The third-order valence-electron chi connectivity index (χ3n) is 5.31. The van der Waals surface area contributed by atoms with Crippen LogP contribution < -0.4 is 0 Å². The third-order valence-corrected chi connectivity index (χ3v) is 5.31. The van der Waals surface area contributed by atoms with Crippen LogP contribution in [0.4, 0.5) is 0 Å². The molecule has 1 aliphatic rings. The summed E-state index contributed by atoms with van der Waals surface area (Å²) in [7, 11) is 0. The third kappa shape index (κ3) is 2.71. The van der Waals surface area contributed by atoms with Crippen molar-refractivity contribution in [3.8, 4) is 0 Å². The topological polar surface area (TPSA) is 40.5 Å². The number of hydrogen-bond donors (Lipinski definition) is 1. The molecule has 0 aliphatic carbocycles. The van der Waals surface area contributed by atoms with Gasteiger partial charge in [-0.1, -0.05) is 0 Å². The fraction of sp³-hybridized carbons (Fsp3) is 0.611. The van der Waals surface area contributed by atoms with E-state index < -0.39 is 0 Å². The molecule has 0 aromatic heterocycles. The minimum atomic E-state index is -0.0213. The standard InChI is InChI=1S/C18H27NO2/c1-11-12(2)14(4)17(15(5)13(11)3)18(21)19-9-7-6-8-16(19)10-20/h16,20H,6-10H2,1-5H3. The fourth-order valence-corrected chi connectivity index (χ4v) is 3.42. The number of carbonyl (C=O) groups excluding carboxylic acids is 1. The smallest absolute Gasteiger partial charge is 0.254 e. The van der Waals surface area contributed by atoms with Crippen molar-refractivity contribution in [1.82, 2.24) is 4.90 Å². The average molecular weight is 289 g/mol. The van der Waals surface area contributed by atoms with Gasteiger partial charge in [0.2, 0.25) is 0 Å². The molecule has 2 rings (SSSR count). The number of likely N-dealkylation sites (tertiary alicyclic amines) is 1. The van der Waals surface area contributed by atoms with Gasteiger partial charge in [-0.2, -0.15) is 0 Å². The van der Waals surface area contributed by atoms with Gasteiger partial charge in [-0.15, -0.1) is 0 Å². The van der Waals surface area contributed by atoms with Crippen molar-refractivity contribution in [3.05, 3.63) is 33.4 Å². The second-order valence-corrected chi connectivity index (χ2v) is 6.33. The largest absolute Gasteiger partial charge is 0.394 e. The van der Waals surface area contributed by atoms with Gasteiger partial charge in [0.25, 0.3) is 5.91 Å². The van der Waals surface area contributed by atoms with Crippen LogP contribution in [0.1, 0.15) is 57.4 Å². The Morgan fingerprint density at radius 2 is 1.52 bits per heavy atom. The summed E-state index contributed by atoms with van der Waals surface area (Å²) in [5.74, 6) is 0.0925. The van der Waals surface area contributed by atoms with Crippen molar-refractivity contribution in [1.29, 1.82) is 0 Å². The van der Waals surface area contributed by atoms with Crippen LogP contribution in [-0.2, 0) is 0 Å². The molecule has 21 heavy (non-hydrogen) atoms. The second kappa shape index (κ2) is 6.18. The predicted octanol–water partition coefficient (Wildman–Crippen LogP) is 3.22. The van der Waals surface area contributed by atoms with Gasteiger partial charge in [0.1, 0.15) is 0 Å². The first-order chi connectivity index (χ1) is 9.90. The summed E-state index contributed by atoms with van der Waals surface area (Å²) in [5.41, 5.74) is 6.71. The van der Waals surface area contributed by atoms with Crippen LogP contribution in [0.2, 0.25) is 0 Å². The van der Waals surface area contributed by atoms with E-state index in [4.69, 9.17) is 0 Å². The van der Waals surface area contributed by atoms with Gasteiger partial charge in [0, 0.05) is 12.1 Å². The molecule has 1 N–H and O–H groups in total. The van der Waals surface area contributed by atoms with E-state index in [0.29, 0.717) is 0 Å². The number of aliphatic hydroxyl groups excluding tert-OH is 1. The van der Waals surface area contributed by atoms with E-state index in [9.17, 15) is 9.90 Å². The van der Waals surface area contributed by atoms with Crippen molar-refractivity contribution >= 4 is 5.91 Å². The van der Waals surface area contributed by atoms with E-state index in [-0.39, 0.29) is 18.6 Å². The normalized spacial score (nSPS) is 19.0. The Labute approximate surface area is 128 Å². The zero-order chi connectivity index (χ0) is 15.7. The maximum atomic E-state index is 13.0. The molecule has 0 saturated carbocycles. The van der Waals surface area contributed by atoms with E-state index in [2.05, 4.69) is 20.8 Å². The lowest BCUT2D eigenvalue weighted by Crippen LogP contribution is -2.46. The van der Waals surface area contributed by atoms with E-state index in [1.807, 2.05) is 18.7 Å². The van der Waals surface area contributed by atoms with Crippen molar-refractivity contribution in [3.63, 3.8) is 0 Å². The molecule has 0 spiro atoms. The quantitative estimate of drug-likeness (QED) is 0.908. The van der Waals surface area contributed by atoms with Crippen LogP contribution in [0, 0.1) is 34.6 Å². The molecule has 1 aromatic carbocycles. The monoisotopic (exact) mass is 289 g/mol. The maximum Gasteiger partial charge on any atom is 0.254 e. The number of aliphatic hydroxyl groups is 1. The minimum absolute atomic E-state index is 0.0213. The molecule has 1 heterocycles. The van der Waals surface area contributed by atoms with Crippen LogP contribution in [0.5, 0.6) is 0 Å². The van der Waals surface area contributed by atoms with Gasteiger partial charge in [-0.25, -0.2) is 0 Å². The van der Waals surface area contributed by atoms with Gasteiger partial charge in [-0.05, 0) is 81.7 Å². The number of nitrogens with zero attached hydrogens (tertiary/aromatic N) is 1. The van der Waals surface area contributed by atoms with Gasteiger partial charge in [0.15, 0.2) is 0 Å². The lowest BCUT2D eigenvalue weighted by molar-refractivity contribution is 0.0501. The Balaban J connectivity index is 2.48. The molecule has 1 fully saturated rings. The highest BCUT2D eigenvalue weighted by Gasteiger charge is 2.29. The fourth-order valence-electron chi connectivity index (χ4n) is 3.42. The molecule has 1 amide bonds. The first kappa shape index (κ1) is 16.0. The molecule has 1 unspecified atom stereocenters. The Bertz CT molecular complexity index is 534. The van der Waals surface area contributed by atoms with Crippen molar-refractivity contribution < 1.29 is 9.90 Å². The first-order valence-electron chi connectivity index (χ1n) is 7.88. The first-order valence-corrected chi connectivity index (χ1v) is 7.88. The van der Waals surface area contributed by atoms with E-state index >= 15 is 0 Å². The van der Waals surface area contributed by atoms with Crippen molar-refractivity contribution in [2.24, 2.45) is 0 Å². The Kier molecular flexibility index (Phi) is 4.72. The summed E-state index contributed by atoms with van der Waals surface area (Å²) >= 11 is 0. The number of hydrogen-bond acceptors (Lipinski definition) is 2. The number of benzene rings is 1. The summed E-state index contributed by atoms with van der Waals surface area (Å²) in [6, 6.07) is -0.0213. The Morgan fingerprint density at radius 3 is 2.05 bits per heavy atom. The molecule has 1 atom stereocenters. The number of carbonyl (C=O) groups is 1. The summed E-state index contributed by atoms with van der Waals surface area (Å²) in [4.78, 5) is 14.9. The average Bonchev–Trinajstić information content (AvgIpc) is 2.51. The van der Waals surface area contributed by atoms with Gasteiger partial charge in [0.05, 0.1) is 12.6 Å². The zero-order valence-electron chi connectivity index (χ0n) is 13.9. The molecule has 0 radical (unpaired) electrons. The Hall–Kier alpha value is -1.35. The summed E-state index contributed by atoms with van der Waals surface area (Å²) in [6.07, 6.45) is 3.03. The highest BCUT2D eigenvalue weighted by molar-refractivity contribution is 5.98. The Morgan fingerprint density at radius 1 is 1.00 bits per heavy atom. The minimum Gasteiger partial charge on any atom is -0.394 e. The van der Waals surface area contributed by atoms with E-state index in [0.717, 1.165) is 42.5 Å². The molecule has 116 valence electrons. The van der Waals surface area contributed by atoms with Crippen LogP contribution in [0.15, 0.2) is 0 Å². The number of piperidine rings is 1. The molecular formula is C18H27NO2. The molecular weight excluding hydrogens is 262 g/mol. The van der Waals surface area contributed by atoms with Crippen molar-refractivity contribution in [2.75, 3.05) is 13.2 Å². The molecule has 1 aliphatic heterocycles. The van der Waals surface area contributed by atoms with Gasteiger partial charge >= 0.3 is 0 Å². The van der Waals surface area contributed by atoms with E-state index in [1.54, 1.807) is 0 Å². The molecule has 1 saturated heterocycles. The summed E-state index contributed by atoms with van der Waals surface area (Å²) < 4.78 is 0. The van der Waals surface area contributed by atoms with Gasteiger partial charge in [-0.3, -0.25) is 4.79 Å². The predicted molar refractivity (Wildman–Crippen MR) is 85.9 cm³/mol. The second-order valence-electron chi connectivity index (χ2n) is 6.33. The molecule has 1 aromatic rings. The number of rotatable bonds is 2. The summed E-state index contributed by atoms with van der Waals surface area (Å²) in [5, 5.41) is 9.56. The number of amides is 1. The van der Waals surface area contributed by atoms with Crippen LogP contribution >= 0.6 is 0 Å². The zero-order valence-corrected chi connectivity index (χ0v) is 13.9.